The van der Waals surface area contributed by atoms with Gasteiger partial charge in [-0.1, -0.05) is 37.6 Å². The average molecular weight is 262 g/mol. The van der Waals surface area contributed by atoms with Crippen molar-refractivity contribution in [1.29, 1.82) is 0 Å². The summed E-state index contributed by atoms with van der Waals surface area (Å²) in [5.74, 6) is 0.163. The average Bonchev–Trinajstić information content (AvgIpc) is 2.36. The number of hydrogen-bond acceptors (Lipinski definition) is 2. The molecule has 2 aromatic carbocycles. The van der Waals surface area contributed by atoms with Crippen molar-refractivity contribution < 1.29 is 8.42 Å². The van der Waals surface area contributed by atoms with Gasteiger partial charge in [-0.25, -0.2) is 8.42 Å². The number of hydrogen-bond donors (Lipinski definition) is 1. The Kier molecular flexibility index (Phi) is 3.87. The summed E-state index contributed by atoms with van der Waals surface area (Å²) < 4.78 is 26.1. The minimum Gasteiger partial charge on any atom is -0.284 e. The molecule has 0 saturated carbocycles. The summed E-state index contributed by atoms with van der Waals surface area (Å²) in [6, 6.07) is 14.3. The third-order valence-electron chi connectivity index (χ3n) is 2.69. The molecule has 0 aliphatic rings. The zero-order valence-electron chi connectivity index (χ0n) is 10.3. The third-order valence-corrected chi connectivity index (χ3v) is 4.07. The molecule has 0 amide bonds. The molecule has 4 heteroatoms. The van der Waals surface area contributed by atoms with E-state index in [-0.39, 0.29) is 5.75 Å². The van der Waals surface area contributed by atoms with E-state index in [1.165, 1.54) is 0 Å². The predicted molar refractivity (Wildman–Crippen MR) is 75.1 cm³/mol. The molecule has 1 N–H and O–H groups in total. The van der Waals surface area contributed by atoms with E-state index >= 15 is 0 Å². The lowest BCUT2D eigenvalue weighted by Crippen LogP contribution is -2.16. The van der Waals surface area contributed by atoms with Gasteiger partial charge in [-0.05, 0) is 35.4 Å². The summed E-state index contributed by atoms with van der Waals surface area (Å²) >= 11 is 0. The van der Waals surface area contributed by atoms with Crippen molar-refractivity contribution in [2.45, 2.75) is 19.8 Å². The highest BCUT2D eigenvalue weighted by atomic mass is 32.2. The smallest absolute Gasteiger partial charge is 0.232 e. The zero-order valence-corrected chi connectivity index (χ0v) is 11.1. The van der Waals surface area contributed by atoms with Crippen molar-refractivity contribution >= 4 is 26.5 Å². The van der Waals surface area contributed by atoms with Gasteiger partial charge in [-0.2, -0.15) is 0 Å². The molecule has 0 saturated heterocycles. The van der Waals surface area contributed by atoms with Crippen LogP contribution in [0.25, 0.3) is 10.8 Å². The molecule has 0 bridgehead atoms. The van der Waals surface area contributed by atoms with Crippen LogP contribution in [0, 0.1) is 6.07 Å². The van der Waals surface area contributed by atoms with Crippen LogP contribution in [0.5, 0.6) is 0 Å². The van der Waals surface area contributed by atoms with Crippen molar-refractivity contribution in [3.05, 3.63) is 42.5 Å². The SMILES string of the molecule is CCCCS(=O)(=O)Nc1c[c]c2ccccc2c1. The van der Waals surface area contributed by atoms with Gasteiger partial charge in [0, 0.05) is 5.69 Å². The van der Waals surface area contributed by atoms with Gasteiger partial charge < -0.3 is 0 Å². The van der Waals surface area contributed by atoms with Crippen LogP contribution in [0.2, 0.25) is 0 Å². The highest BCUT2D eigenvalue weighted by molar-refractivity contribution is 7.92. The maximum atomic E-state index is 11.8. The second-order valence-corrected chi connectivity index (χ2v) is 6.09. The monoisotopic (exact) mass is 262 g/mol. The normalized spacial score (nSPS) is 11.6. The Morgan fingerprint density at radius 3 is 2.83 bits per heavy atom. The number of nitrogens with one attached hydrogen (secondary N) is 1. The Morgan fingerprint density at radius 2 is 2.06 bits per heavy atom. The summed E-state index contributed by atoms with van der Waals surface area (Å²) in [4.78, 5) is 0. The van der Waals surface area contributed by atoms with Crippen molar-refractivity contribution in [2.75, 3.05) is 10.5 Å². The third kappa shape index (κ3) is 3.23. The molecule has 2 rings (SSSR count). The Balaban J connectivity index is 2.22. The lowest BCUT2D eigenvalue weighted by molar-refractivity contribution is 0.598. The van der Waals surface area contributed by atoms with Crippen LogP contribution in [0.4, 0.5) is 5.69 Å². The summed E-state index contributed by atoms with van der Waals surface area (Å²) in [5.41, 5.74) is 0.574. The number of unbranched alkanes of at least 4 members (excludes halogenated alkanes) is 1. The van der Waals surface area contributed by atoms with Crippen LogP contribution in [0.1, 0.15) is 19.8 Å². The minimum atomic E-state index is -3.24. The van der Waals surface area contributed by atoms with Crippen LogP contribution in [0.3, 0.4) is 0 Å². The van der Waals surface area contributed by atoms with Gasteiger partial charge in [0.25, 0.3) is 0 Å². The fourth-order valence-electron chi connectivity index (χ4n) is 1.74. The molecule has 0 aromatic heterocycles. The molecular formula is C14H16NO2S. The first kappa shape index (κ1) is 12.9. The van der Waals surface area contributed by atoms with Crippen molar-refractivity contribution in [3.63, 3.8) is 0 Å². The van der Waals surface area contributed by atoms with Gasteiger partial charge >= 0.3 is 0 Å². The fourth-order valence-corrected chi connectivity index (χ4v) is 2.99. The van der Waals surface area contributed by atoms with Gasteiger partial charge in [-0.15, -0.1) is 0 Å². The first-order chi connectivity index (χ1) is 8.61. The summed E-state index contributed by atoms with van der Waals surface area (Å²) in [6.45, 7) is 1.97. The van der Waals surface area contributed by atoms with Crippen LogP contribution in [0.15, 0.2) is 36.4 Å². The quantitative estimate of drug-likeness (QED) is 0.899. The number of benzene rings is 2. The second kappa shape index (κ2) is 5.40. The molecule has 0 unspecified atom stereocenters. The van der Waals surface area contributed by atoms with Crippen LogP contribution in [-0.4, -0.2) is 14.2 Å². The fraction of sp³-hybridized carbons (Fsp3) is 0.286. The standard InChI is InChI=1S/C14H16NO2S/c1-2-3-10-18(16,17)15-14-9-8-12-6-4-5-7-13(12)11-14/h4-7,9,11,15H,2-3,10H2,1H3. The van der Waals surface area contributed by atoms with Crippen LogP contribution >= 0.6 is 0 Å². The van der Waals surface area contributed by atoms with Crippen molar-refractivity contribution in [2.24, 2.45) is 0 Å². The summed E-state index contributed by atoms with van der Waals surface area (Å²) in [7, 11) is -3.24. The maximum Gasteiger partial charge on any atom is 0.232 e. The second-order valence-electron chi connectivity index (χ2n) is 4.25. The zero-order chi connectivity index (χ0) is 13.0. The van der Waals surface area contributed by atoms with Crippen molar-refractivity contribution in [1.82, 2.24) is 0 Å². The first-order valence-corrected chi connectivity index (χ1v) is 7.67. The van der Waals surface area contributed by atoms with Gasteiger partial charge in [0.15, 0.2) is 0 Å². The molecule has 0 aliphatic carbocycles. The van der Waals surface area contributed by atoms with E-state index in [0.717, 1.165) is 17.2 Å². The molecule has 0 heterocycles. The van der Waals surface area contributed by atoms with Gasteiger partial charge in [0.05, 0.1) is 5.75 Å². The van der Waals surface area contributed by atoms with E-state index in [9.17, 15) is 8.42 Å². The highest BCUT2D eigenvalue weighted by Crippen LogP contribution is 2.19. The minimum absolute atomic E-state index is 0.163. The number of anilines is 1. The first-order valence-electron chi connectivity index (χ1n) is 6.02. The number of sulfonamides is 1. The van der Waals surface area contributed by atoms with E-state index in [0.29, 0.717) is 12.1 Å². The van der Waals surface area contributed by atoms with E-state index in [4.69, 9.17) is 0 Å². The van der Waals surface area contributed by atoms with Crippen molar-refractivity contribution in [3.8, 4) is 0 Å². The van der Waals surface area contributed by atoms with Crippen LogP contribution < -0.4 is 4.72 Å². The highest BCUT2D eigenvalue weighted by Gasteiger charge is 2.09. The Hall–Kier alpha value is -1.55. The van der Waals surface area contributed by atoms with Crippen LogP contribution in [-0.2, 0) is 10.0 Å². The molecule has 0 atom stereocenters. The lowest BCUT2D eigenvalue weighted by atomic mass is 10.1. The maximum absolute atomic E-state index is 11.8. The molecular weight excluding hydrogens is 246 g/mol. The molecule has 0 aliphatic heterocycles. The molecule has 0 fully saturated rings. The van der Waals surface area contributed by atoms with E-state index < -0.39 is 10.0 Å². The topological polar surface area (TPSA) is 46.2 Å². The Labute approximate surface area is 108 Å². The lowest BCUT2D eigenvalue weighted by Gasteiger charge is -2.08. The molecule has 95 valence electrons. The summed E-state index contributed by atoms with van der Waals surface area (Å²) in [6.07, 6.45) is 1.54. The van der Waals surface area contributed by atoms with Gasteiger partial charge in [0.2, 0.25) is 10.0 Å². The number of rotatable bonds is 5. The van der Waals surface area contributed by atoms with E-state index in [1.807, 2.05) is 37.3 Å². The predicted octanol–water partition coefficient (Wildman–Crippen LogP) is 3.18. The number of fused-ring (bicyclic) bond motifs is 1. The summed E-state index contributed by atoms with van der Waals surface area (Å²) in [5, 5.41) is 1.96. The van der Waals surface area contributed by atoms with Gasteiger partial charge in [-0.3, -0.25) is 4.72 Å². The molecule has 18 heavy (non-hydrogen) atoms. The Morgan fingerprint density at radius 1 is 1.28 bits per heavy atom. The molecule has 1 radical (unpaired) electrons. The molecule has 2 aromatic rings. The Bertz CT molecular complexity index is 635. The van der Waals surface area contributed by atoms with E-state index in [2.05, 4.69) is 10.8 Å². The van der Waals surface area contributed by atoms with E-state index in [1.54, 1.807) is 6.07 Å². The largest absolute Gasteiger partial charge is 0.284 e. The molecule has 0 spiro atoms. The molecule has 3 nitrogen and oxygen atoms in total. The van der Waals surface area contributed by atoms with Gasteiger partial charge in [0.1, 0.15) is 0 Å².